The third-order valence-electron chi connectivity index (χ3n) is 3.96. The predicted octanol–water partition coefficient (Wildman–Crippen LogP) is 3.37. The van der Waals surface area contributed by atoms with Gasteiger partial charge in [0.15, 0.2) is 0 Å². The van der Waals surface area contributed by atoms with Crippen LogP contribution in [0.1, 0.15) is 15.9 Å². The SMILES string of the molecule is O=C(Nc1cccc(-n2cccn2)c1)c1cnn(Cc2ccccc2)c1. The Morgan fingerprint density at radius 3 is 2.69 bits per heavy atom. The van der Waals surface area contributed by atoms with E-state index >= 15 is 0 Å². The fourth-order valence-electron chi connectivity index (χ4n) is 2.69. The van der Waals surface area contributed by atoms with Crippen LogP contribution in [0.3, 0.4) is 0 Å². The quantitative estimate of drug-likeness (QED) is 0.604. The summed E-state index contributed by atoms with van der Waals surface area (Å²) >= 11 is 0. The molecule has 0 aliphatic rings. The molecular formula is C20H17N5O. The van der Waals surface area contributed by atoms with Crippen LogP contribution >= 0.6 is 0 Å². The number of anilines is 1. The molecular weight excluding hydrogens is 326 g/mol. The Balaban J connectivity index is 1.46. The maximum absolute atomic E-state index is 12.5. The van der Waals surface area contributed by atoms with Crippen LogP contribution in [0.25, 0.3) is 5.69 Å². The van der Waals surface area contributed by atoms with Crippen molar-refractivity contribution in [1.82, 2.24) is 19.6 Å². The Morgan fingerprint density at radius 1 is 1.00 bits per heavy atom. The lowest BCUT2D eigenvalue weighted by molar-refractivity contribution is 0.102. The highest BCUT2D eigenvalue weighted by Gasteiger charge is 2.10. The highest BCUT2D eigenvalue weighted by atomic mass is 16.1. The molecule has 1 amide bonds. The van der Waals surface area contributed by atoms with E-state index in [9.17, 15) is 4.79 Å². The van der Waals surface area contributed by atoms with Gasteiger partial charge in [0.05, 0.1) is 24.0 Å². The second kappa shape index (κ2) is 7.06. The first kappa shape index (κ1) is 15.8. The maximum atomic E-state index is 12.5. The zero-order valence-corrected chi connectivity index (χ0v) is 14.0. The van der Waals surface area contributed by atoms with E-state index < -0.39 is 0 Å². The van der Waals surface area contributed by atoms with Gasteiger partial charge in [-0.05, 0) is 29.8 Å². The highest BCUT2D eigenvalue weighted by Crippen LogP contribution is 2.15. The van der Waals surface area contributed by atoms with Crippen molar-refractivity contribution in [2.24, 2.45) is 0 Å². The molecule has 0 atom stereocenters. The van der Waals surface area contributed by atoms with Crippen LogP contribution in [-0.4, -0.2) is 25.5 Å². The first-order valence-corrected chi connectivity index (χ1v) is 8.26. The van der Waals surface area contributed by atoms with Gasteiger partial charge in [-0.1, -0.05) is 36.4 Å². The molecule has 0 aliphatic carbocycles. The van der Waals surface area contributed by atoms with Crippen LogP contribution in [0.15, 0.2) is 85.5 Å². The van der Waals surface area contributed by atoms with Gasteiger partial charge >= 0.3 is 0 Å². The Morgan fingerprint density at radius 2 is 1.88 bits per heavy atom. The molecule has 0 saturated carbocycles. The number of aromatic nitrogens is 4. The molecule has 0 radical (unpaired) electrons. The van der Waals surface area contributed by atoms with Gasteiger partial charge in [-0.25, -0.2) is 4.68 Å². The van der Waals surface area contributed by atoms with E-state index in [0.29, 0.717) is 17.8 Å². The molecule has 6 nitrogen and oxygen atoms in total. The van der Waals surface area contributed by atoms with Gasteiger partial charge in [0, 0.05) is 24.3 Å². The minimum atomic E-state index is -0.193. The monoisotopic (exact) mass is 343 g/mol. The molecule has 2 aromatic carbocycles. The van der Waals surface area contributed by atoms with Gasteiger partial charge in [0.2, 0.25) is 0 Å². The number of carbonyl (C=O) groups excluding carboxylic acids is 1. The molecule has 0 unspecified atom stereocenters. The summed E-state index contributed by atoms with van der Waals surface area (Å²) in [6.07, 6.45) is 6.90. The summed E-state index contributed by atoms with van der Waals surface area (Å²) in [7, 11) is 0. The lowest BCUT2D eigenvalue weighted by Gasteiger charge is -2.06. The van der Waals surface area contributed by atoms with Gasteiger partial charge in [-0.3, -0.25) is 9.48 Å². The van der Waals surface area contributed by atoms with Crippen LogP contribution in [0.2, 0.25) is 0 Å². The molecule has 4 aromatic rings. The van der Waals surface area contributed by atoms with E-state index in [4.69, 9.17) is 0 Å². The van der Waals surface area contributed by atoms with Gasteiger partial charge in [-0.15, -0.1) is 0 Å². The first-order chi connectivity index (χ1) is 12.8. The zero-order chi connectivity index (χ0) is 17.8. The number of hydrogen-bond acceptors (Lipinski definition) is 3. The van der Waals surface area contributed by atoms with E-state index in [2.05, 4.69) is 15.5 Å². The normalized spacial score (nSPS) is 10.6. The number of nitrogens with zero attached hydrogens (tertiary/aromatic N) is 4. The molecule has 0 saturated heterocycles. The average molecular weight is 343 g/mol. The Labute approximate surface area is 150 Å². The Hall–Kier alpha value is -3.67. The van der Waals surface area contributed by atoms with E-state index in [1.165, 1.54) is 0 Å². The summed E-state index contributed by atoms with van der Waals surface area (Å²) < 4.78 is 3.50. The van der Waals surface area contributed by atoms with E-state index in [-0.39, 0.29) is 5.91 Å². The summed E-state index contributed by atoms with van der Waals surface area (Å²) in [5.41, 5.74) is 3.24. The molecule has 26 heavy (non-hydrogen) atoms. The van der Waals surface area contributed by atoms with Gasteiger partial charge < -0.3 is 5.32 Å². The second-order valence-corrected chi connectivity index (χ2v) is 5.87. The predicted molar refractivity (Wildman–Crippen MR) is 99.3 cm³/mol. The van der Waals surface area contributed by atoms with Crippen LogP contribution in [0.5, 0.6) is 0 Å². The van der Waals surface area contributed by atoms with Gasteiger partial charge in [0.1, 0.15) is 0 Å². The summed E-state index contributed by atoms with van der Waals surface area (Å²) in [6.45, 7) is 0.628. The fraction of sp³-hybridized carbons (Fsp3) is 0.0500. The summed E-state index contributed by atoms with van der Waals surface area (Å²) in [6, 6.07) is 19.4. The number of rotatable bonds is 5. The third-order valence-corrected chi connectivity index (χ3v) is 3.96. The van der Waals surface area contributed by atoms with Gasteiger partial charge in [0.25, 0.3) is 5.91 Å². The highest BCUT2D eigenvalue weighted by molar-refractivity contribution is 6.04. The Bertz CT molecular complexity index is 1010. The van der Waals surface area contributed by atoms with Crippen molar-refractivity contribution in [1.29, 1.82) is 0 Å². The van der Waals surface area contributed by atoms with Crippen LogP contribution < -0.4 is 5.32 Å². The van der Waals surface area contributed by atoms with Crippen LogP contribution in [-0.2, 0) is 6.54 Å². The molecule has 0 aliphatic heterocycles. The molecule has 0 bridgehead atoms. The lowest BCUT2D eigenvalue weighted by Crippen LogP contribution is -2.11. The molecule has 0 fully saturated rings. The molecule has 2 aromatic heterocycles. The van der Waals surface area contributed by atoms with E-state index in [1.807, 2.05) is 66.9 Å². The molecule has 0 spiro atoms. The Kier molecular flexibility index (Phi) is 4.30. The van der Waals surface area contributed by atoms with Crippen LogP contribution in [0, 0.1) is 0 Å². The number of amides is 1. The average Bonchev–Trinajstić information content (AvgIpc) is 3.35. The number of nitrogens with one attached hydrogen (secondary N) is 1. The standard InChI is InChI=1S/C20H17N5O/c26-20(17-13-22-24(15-17)14-16-6-2-1-3-7-16)23-18-8-4-9-19(12-18)25-11-5-10-21-25/h1-13,15H,14H2,(H,23,26). The fourth-order valence-corrected chi connectivity index (χ4v) is 2.69. The molecule has 2 heterocycles. The second-order valence-electron chi connectivity index (χ2n) is 5.87. The number of hydrogen-bond donors (Lipinski definition) is 1. The van der Waals surface area contributed by atoms with E-state index in [1.54, 1.807) is 28.0 Å². The van der Waals surface area contributed by atoms with Gasteiger partial charge in [-0.2, -0.15) is 10.2 Å². The first-order valence-electron chi connectivity index (χ1n) is 8.26. The summed E-state index contributed by atoms with van der Waals surface area (Å²) in [5, 5.41) is 11.4. The smallest absolute Gasteiger partial charge is 0.258 e. The minimum absolute atomic E-state index is 0.193. The van der Waals surface area contributed by atoms with Crippen molar-refractivity contribution < 1.29 is 4.79 Å². The lowest BCUT2D eigenvalue weighted by atomic mass is 10.2. The van der Waals surface area contributed by atoms with E-state index in [0.717, 1.165) is 11.3 Å². The maximum Gasteiger partial charge on any atom is 0.258 e. The number of carbonyl (C=O) groups is 1. The van der Waals surface area contributed by atoms with Crippen molar-refractivity contribution >= 4 is 11.6 Å². The summed E-state index contributed by atoms with van der Waals surface area (Å²) in [4.78, 5) is 12.5. The van der Waals surface area contributed by atoms with Crippen LogP contribution in [0.4, 0.5) is 5.69 Å². The third kappa shape index (κ3) is 3.54. The largest absolute Gasteiger partial charge is 0.322 e. The molecule has 128 valence electrons. The topological polar surface area (TPSA) is 64.7 Å². The zero-order valence-electron chi connectivity index (χ0n) is 14.0. The van der Waals surface area contributed by atoms with Crippen molar-refractivity contribution in [2.75, 3.05) is 5.32 Å². The molecule has 6 heteroatoms. The summed E-state index contributed by atoms with van der Waals surface area (Å²) in [5.74, 6) is -0.193. The number of benzene rings is 2. The van der Waals surface area contributed by atoms with Crippen molar-refractivity contribution in [3.05, 3.63) is 96.6 Å². The minimum Gasteiger partial charge on any atom is -0.322 e. The molecule has 4 rings (SSSR count). The van der Waals surface area contributed by atoms with Crippen molar-refractivity contribution in [2.45, 2.75) is 6.54 Å². The van der Waals surface area contributed by atoms with Crippen molar-refractivity contribution in [3.63, 3.8) is 0 Å². The van der Waals surface area contributed by atoms with Crippen molar-refractivity contribution in [3.8, 4) is 5.69 Å². The molecule has 1 N–H and O–H groups in total.